The highest BCUT2D eigenvalue weighted by Crippen LogP contribution is 2.32. The number of piperidine rings is 3. The van der Waals surface area contributed by atoms with Crippen molar-refractivity contribution in [2.24, 2.45) is 5.92 Å². The first-order chi connectivity index (χ1) is 11.6. The van der Waals surface area contributed by atoms with E-state index in [0.717, 1.165) is 41.1 Å². The first-order valence-corrected chi connectivity index (χ1v) is 9.06. The SMILES string of the molecule is CN(C=O)c1cc2cnc(C(=O)N[C@H]3CN4CCC3CC4)cc2s1. The van der Waals surface area contributed by atoms with Crippen LogP contribution in [0.4, 0.5) is 5.00 Å². The lowest BCUT2D eigenvalue weighted by atomic mass is 9.84. The molecule has 5 heterocycles. The summed E-state index contributed by atoms with van der Waals surface area (Å²) in [5, 5.41) is 4.96. The number of thiophene rings is 1. The molecule has 2 aromatic heterocycles. The Morgan fingerprint density at radius 1 is 1.42 bits per heavy atom. The van der Waals surface area contributed by atoms with Gasteiger partial charge in [0.15, 0.2) is 0 Å². The fourth-order valence-corrected chi connectivity index (χ4v) is 4.64. The minimum Gasteiger partial charge on any atom is -0.346 e. The van der Waals surface area contributed by atoms with Crippen molar-refractivity contribution in [1.29, 1.82) is 0 Å². The maximum Gasteiger partial charge on any atom is 0.270 e. The Balaban J connectivity index is 1.52. The summed E-state index contributed by atoms with van der Waals surface area (Å²) in [5.41, 5.74) is 0.445. The van der Waals surface area contributed by atoms with Gasteiger partial charge in [-0.1, -0.05) is 0 Å². The molecule has 126 valence electrons. The van der Waals surface area contributed by atoms with Gasteiger partial charge in [-0.05, 0) is 44.0 Å². The molecule has 6 nitrogen and oxygen atoms in total. The summed E-state index contributed by atoms with van der Waals surface area (Å²) in [7, 11) is 1.71. The molecule has 5 rings (SSSR count). The van der Waals surface area contributed by atoms with Crippen molar-refractivity contribution < 1.29 is 9.59 Å². The highest BCUT2D eigenvalue weighted by atomic mass is 32.1. The summed E-state index contributed by atoms with van der Waals surface area (Å²) in [4.78, 5) is 31.7. The normalized spacial score (nSPS) is 25.6. The van der Waals surface area contributed by atoms with Crippen molar-refractivity contribution in [3.8, 4) is 0 Å². The predicted octanol–water partition coefficient (Wildman–Crippen LogP) is 1.71. The van der Waals surface area contributed by atoms with Gasteiger partial charge in [0, 0.05) is 35.9 Å². The van der Waals surface area contributed by atoms with E-state index in [4.69, 9.17) is 0 Å². The number of aromatic nitrogens is 1. The van der Waals surface area contributed by atoms with Gasteiger partial charge in [-0.3, -0.25) is 14.6 Å². The Labute approximate surface area is 144 Å². The van der Waals surface area contributed by atoms with Gasteiger partial charge in [0.25, 0.3) is 5.91 Å². The molecule has 0 saturated carbocycles. The van der Waals surface area contributed by atoms with Crippen LogP contribution >= 0.6 is 11.3 Å². The highest BCUT2D eigenvalue weighted by Gasteiger charge is 2.35. The van der Waals surface area contributed by atoms with Crippen molar-refractivity contribution in [2.75, 3.05) is 31.6 Å². The van der Waals surface area contributed by atoms with Crippen LogP contribution in [0.15, 0.2) is 18.3 Å². The fourth-order valence-electron chi connectivity index (χ4n) is 3.64. The molecule has 2 amide bonds. The van der Waals surface area contributed by atoms with Gasteiger partial charge >= 0.3 is 0 Å². The van der Waals surface area contributed by atoms with E-state index >= 15 is 0 Å². The Hall–Kier alpha value is -1.99. The molecular formula is C17H20N4O2S. The number of rotatable bonds is 4. The zero-order valence-electron chi connectivity index (χ0n) is 13.6. The lowest BCUT2D eigenvalue weighted by molar-refractivity contribution is -0.107. The van der Waals surface area contributed by atoms with E-state index < -0.39 is 0 Å². The summed E-state index contributed by atoms with van der Waals surface area (Å²) in [6.07, 6.45) is 4.83. The molecule has 3 saturated heterocycles. The van der Waals surface area contributed by atoms with Gasteiger partial charge in [-0.15, -0.1) is 11.3 Å². The Morgan fingerprint density at radius 2 is 2.21 bits per heavy atom. The highest BCUT2D eigenvalue weighted by molar-refractivity contribution is 7.23. The van der Waals surface area contributed by atoms with Crippen molar-refractivity contribution >= 4 is 38.7 Å². The summed E-state index contributed by atoms with van der Waals surface area (Å²) >= 11 is 1.49. The minimum atomic E-state index is -0.102. The van der Waals surface area contributed by atoms with Gasteiger partial charge in [-0.25, -0.2) is 0 Å². The second kappa shape index (κ2) is 6.14. The third kappa shape index (κ3) is 2.78. The molecule has 1 atom stereocenters. The summed E-state index contributed by atoms with van der Waals surface area (Å²) in [5.74, 6) is 0.492. The second-order valence-electron chi connectivity index (χ2n) is 6.63. The molecule has 0 aliphatic carbocycles. The molecule has 0 spiro atoms. The average Bonchev–Trinajstić information content (AvgIpc) is 3.05. The van der Waals surface area contributed by atoms with E-state index in [1.54, 1.807) is 13.2 Å². The molecular weight excluding hydrogens is 324 g/mol. The fraction of sp³-hybridized carbons (Fsp3) is 0.471. The Morgan fingerprint density at radius 3 is 2.88 bits per heavy atom. The number of carbonyl (C=O) groups excluding carboxylic acids is 2. The third-order valence-electron chi connectivity index (χ3n) is 5.10. The van der Waals surface area contributed by atoms with Gasteiger partial charge in [-0.2, -0.15) is 0 Å². The topological polar surface area (TPSA) is 65.5 Å². The Bertz CT molecular complexity index is 782. The predicted molar refractivity (Wildman–Crippen MR) is 94.5 cm³/mol. The number of anilines is 1. The zero-order valence-corrected chi connectivity index (χ0v) is 14.4. The van der Waals surface area contributed by atoms with E-state index in [1.807, 2.05) is 12.1 Å². The average molecular weight is 344 g/mol. The van der Waals surface area contributed by atoms with E-state index in [1.165, 1.54) is 29.1 Å². The lowest BCUT2D eigenvalue weighted by Gasteiger charge is -2.44. The molecule has 7 heteroatoms. The van der Waals surface area contributed by atoms with Crippen molar-refractivity contribution in [2.45, 2.75) is 18.9 Å². The van der Waals surface area contributed by atoms with Gasteiger partial charge in [0.2, 0.25) is 6.41 Å². The molecule has 0 aromatic carbocycles. The molecule has 3 fully saturated rings. The molecule has 0 radical (unpaired) electrons. The van der Waals surface area contributed by atoms with E-state index in [2.05, 4.69) is 15.2 Å². The minimum absolute atomic E-state index is 0.102. The second-order valence-corrected chi connectivity index (χ2v) is 7.69. The van der Waals surface area contributed by atoms with Crippen LogP contribution in [0.25, 0.3) is 10.1 Å². The molecule has 2 aromatic rings. The largest absolute Gasteiger partial charge is 0.346 e. The molecule has 0 unspecified atom stereocenters. The quantitative estimate of drug-likeness (QED) is 0.858. The van der Waals surface area contributed by atoms with Crippen LogP contribution in [0.1, 0.15) is 23.3 Å². The van der Waals surface area contributed by atoms with Crippen LogP contribution in [0, 0.1) is 5.92 Å². The first-order valence-electron chi connectivity index (χ1n) is 8.25. The van der Waals surface area contributed by atoms with Gasteiger partial charge in [0.05, 0.1) is 5.00 Å². The maximum absolute atomic E-state index is 12.6. The van der Waals surface area contributed by atoms with Crippen LogP contribution in [0.3, 0.4) is 0 Å². The maximum atomic E-state index is 12.6. The van der Waals surface area contributed by atoms with Gasteiger partial charge in [0.1, 0.15) is 5.69 Å². The van der Waals surface area contributed by atoms with E-state index in [0.29, 0.717) is 11.6 Å². The number of carbonyl (C=O) groups is 2. The standard InChI is InChI=1S/C17H20N4O2S/c1-20(10-22)16-6-12-8-18-13(7-15(12)24-16)17(23)19-14-9-21-4-2-11(14)3-5-21/h6-8,10-11,14H,2-5,9H2,1H3,(H,19,23)/t14-/m0/s1. The number of fused-ring (bicyclic) bond motifs is 4. The van der Waals surface area contributed by atoms with E-state index in [9.17, 15) is 9.59 Å². The van der Waals surface area contributed by atoms with Crippen LogP contribution in [0.2, 0.25) is 0 Å². The smallest absolute Gasteiger partial charge is 0.270 e. The number of hydrogen-bond acceptors (Lipinski definition) is 5. The molecule has 2 bridgehead atoms. The molecule has 3 aliphatic rings. The van der Waals surface area contributed by atoms with Crippen LogP contribution in [-0.2, 0) is 4.79 Å². The number of amides is 2. The van der Waals surface area contributed by atoms with Crippen molar-refractivity contribution in [1.82, 2.24) is 15.2 Å². The first kappa shape index (κ1) is 15.5. The van der Waals surface area contributed by atoms with Crippen LogP contribution in [-0.4, -0.2) is 54.9 Å². The lowest BCUT2D eigenvalue weighted by Crippen LogP contribution is -2.57. The van der Waals surface area contributed by atoms with E-state index in [-0.39, 0.29) is 11.9 Å². The van der Waals surface area contributed by atoms with Crippen molar-refractivity contribution in [3.05, 3.63) is 24.0 Å². The summed E-state index contributed by atoms with van der Waals surface area (Å²) < 4.78 is 0.966. The molecule has 24 heavy (non-hydrogen) atoms. The van der Waals surface area contributed by atoms with Crippen LogP contribution < -0.4 is 10.2 Å². The van der Waals surface area contributed by atoms with Crippen LogP contribution in [0.5, 0.6) is 0 Å². The molecule has 1 N–H and O–H groups in total. The zero-order chi connectivity index (χ0) is 16.7. The number of pyridine rings is 1. The van der Waals surface area contributed by atoms with Crippen molar-refractivity contribution in [3.63, 3.8) is 0 Å². The molecule has 3 aliphatic heterocycles. The summed E-state index contributed by atoms with van der Waals surface area (Å²) in [6.45, 7) is 3.26. The third-order valence-corrected chi connectivity index (χ3v) is 6.29. The Kier molecular flexibility index (Phi) is 3.97. The van der Waals surface area contributed by atoms with Gasteiger partial charge < -0.3 is 15.1 Å². The monoisotopic (exact) mass is 344 g/mol. The number of nitrogens with zero attached hydrogens (tertiary/aromatic N) is 3. The summed E-state index contributed by atoms with van der Waals surface area (Å²) in [6, 6.07) is 3.97. The number of hydrogen-bond donors (Lipinski definition) is 1. The number of nitrogens with one attached hydrogen (secondary N) is 1.